The quantitative estimate of drug-likeness (QED) is 0.242. The molecule has 1 fully saturated rings. The molecule has 43 heavy (non-hydrogen) atoms. The highest BCUT2D eigenvalue weighted by molar-refractivity contribution is 7.13. The Bertz CT molecular complexity index is 1680. The second kappa shape index (κ2) is 11.7. The zero-order chi connectivity index (χ0) is 29.7. The summed E-state index contributed by atoms with van der Waals surface area (Å²) in [7, 11) is 0. The number of rotatable bonds is 7. The number of halogens is 2. The van der Waals surface area contributed by atoms with Crippen molar-refractivity contribution >= 4 is 51.5 Å². The number of aryl methyl sites for hydroxylation is 1. The Hall–Kier alpha value is -3.24. The summed E-state index contributed by atoms with van der Waals surface area (Å²) in [5, 5.41) is 5.95. The van der Waals surface area contributed by atoms with Gasteiger partial charge in [0, 0.05) is 46.5 Å². The minimum Gasteiger partial charge on any atom is -0.334 e. The van der Waals surface area contributed by atoms with Gasteiger partial charge in [0.1, 0.15) is 0 Å². The molecule has 0 aliphatic carbocycles. The molecule has 3 aliphatic heterocycles. The van der Waals surface area contributed by atoms with Crippen LogP contribution in [0.3, 0.4) is 0 Å². The molecule has 0 radical (unpaired) electrons. The summed E-state index contributed by atoms with van der Waals surface area (Å²) in [6.45, 7) is 6.56. The van der Waals surface area contributed by atoms with Crippen LogP contribution in [0.25, 0.3) is 11.1 Å². The van der Waals surface area contributed by atoms with Crippen molar-refractivity contribution in [3.8, 4) is 11.1 Å². The lowest BCUT2D eigenvalue weighted by molar-refractivity contribution is -0.121. The predicted molar refractivity (Wildman–Crippen MR) is 170 cm³/mol. The van der Waals surface area contributed by atoms with Crippen molar-refractivity contribution in [2.24, 2.45) is 0 Å². The molecule has 5 heterocycles. The van der Waals surface area contributed by atoms with Crippen LogP contribution < -0.4 is 5.32 Å². The van der Waals surface area contributed by atoms with Gasteiger partial charge in [-0.05, 0) is 68.4 Å². The van der Waals surface area contributed by atoms with E-state index in [1.54, 1.807) is 22.8 Å². The first-order chi connectivity index (χ1) is 20.9. The summed E-state index contributed by atoms with van der Waals surface area (Å²) in [5.41, 5.74) is 5.47. The topological polar surface area (TPSA) is 83.4 Å². The lowest BCUT2D eigenvalue weighted by Crippen LogP contribution is -2.38. The molecule has 11 heteroatoms. The predicted octanol–water partition coefficient (Wildman–Crippen LogP) is 6.79. The third-order valence-electron chi connectivity index (χ3n) is 9.12. The third kappa shape index (κ3) is 5.16. The van der Waals surface area contributed by atoms with Crippen molar-refractivity contribution in [2.45, 2.75) is 57.7 Å². The van der Waals surface area contributed by atoms with Gasteiger partial charge in [0.05, 0.1) is 22.6 Å². The maximum atomic E-state index is 14.2. The Labute approximate surface area is 264 Å². The molecule has 7 rings (SSSR count). The smallest absolute Gasteiger partial charge is 0.257 e. The Balaban J connectivity index is 1.20. The number of amides is 2. The van der Waals surface area contributed by atoms with Crippen molar-refractivity contribution in [3.05, 3.63) is 86.4 Å². The zero-order valence-electron chi connectivity index (χ0n) is 23.9. The Kier molecular flexibility index (Phi) is 7.75. The van der Waals surface area contributed by atoms with Gasteiger partial charge in [0.25, 0.3) is 11.8 Å². The van der Waals surface area contributed by atoms with Gasteiger partial charge in [0.2, 0.25) is 0 Å². The molecule has 0 saturated carbocycles. The first-order valence-electron chi connectivity index (χ1n) is 14.8. The number of nitrogens with zero attached hydrogens (tertiary/aromatic N) is 5. The van der Waals surface area contributed by atoms with E-state index in [0.29, 0.717) is 43.5 Å². The fourth-order valence-electron chi connectivity index (χ4n) is 6.77. The van der Waals surface area contributed by atoms with Crippen molar-refractivity contribution < 1.29 is 9.59 Å². The van der Waals surface area contributed by atoms with Crippen molar-refractivity contribution in [1.82, 2.24) is 24.3 Å². The molecule has 1 N–H and O–H groups in total. The zero-order valence-corrected chi connectivity index (χ0v) is 26.2. The number of hydrogen-bond donors (Lipinski definition) is 1. The molecular formula is C32H32Cl2N6O2S. The highest BCUT2D eigenvalue weighted by Crippen LogP contribution is 2.44. The number of thiazole rings is 1. The highest BCUT2D eigenvalue weighted by atomic mass is 35.5. The van der Waals surface area contributed by atoms with E-state index in [4.69, 9.17) is 23.2 Å². The second-order valence-corrected chi connectivity index (χ2v) is 13.1. The number of nitrogens with one attached hydrogen (secondary N) is 1. The SMILES string of the molecule is CCN1CCC(c2ccc(-c3cc(Cl)c4c(c3Cl)C(=O)N(C(C(=O)Nc3nccs3)c3ncn5c3CCC5)C4)cc2)CC1. The van der Waals surface area contributed by atoms with Gasteiger partial charge in [0.15, 0.2) is 11.2 Å². The number of piperidine rings is 1. The number of benzene rings is 2. The van der Waals surface area contributed by atoms with Gasteiger partial charge in [-0.25, -0.2) is 9.97 Å². The van der Waals surface area contributed by atoms with E-state index in [0.717, 1.165) is 63.1 Å². The standard InChI is InChI=1S/C32H32Cl2N6O2S/c1-2-38-13-9-20(10-14-38)19-5-7-21(8-6-19)22-16-24(33)23-17-40(31(42)26(23)27(22)34)29(30(41)37-32-35-11-15-43-32)28-25-4-3-12-39(25)18-36-28/h5-8,11,15-16,18,20,29H,2-4,9-10,12-14,17H2,1H3,(H,35,37,41). The maximum Gasteiger partial charge on any atom is 0.257 e. The molecule has 1 atom stereocenters. The lowest BCUT2D eigenvalue weighted by Gasteiger charge is -2.31. The normalized spacial score (nSPS) is 17.7. The number of carbonyl (C=O) groups excluding carboxylic acids is 2. The largest absolute Gasteiger partial charge is 0.334 e. The fraction of sp³-hybridized carbons (Fsp3) is 0.375. The van der Waals surface area contributed by atoms with Crippen molar-refractivity contribution in [3.63, 3.8) is 0 Å². The number of carbonyl (C=O) groups is 2. The van der Waals surface area contributed by atoms with Crippen LogP contribution in [0.5, 0.6) is 0 Å². The fourth-order valence-corrected chi connectivity index (χ4v) is 7.92. The second-order valence-electron chi connectivity index (χ2n) is 11.4. The summed E-state index contributed by atoms with van der Waals surface area (Å²) in [4.78, 5) is 40.8. The van der Waals surface area contributed by atoms with E-state index in [9.17, 15) is 9.59 Å². The molecule has 3 aliphatic rings. The van der Waals surface area contributed by atoms with E-state index in [2.05, 4.69) is 55.9 Å². The van der Waals surface area contributed by atoms with E-state index >= 15 is 0 Å². The van der Waals surface area contributed by atoms with Gasteiger partial charge in [-0.2, -0.15) is 0 Å². The highest BCUT2D eigenvalue weighted by Gasteiger charge is 2.43. The molecule has 222 valence electrons. The average Bonchev–Trinajstić information content (AvgIpc) is 3.83. The lowest BCUT2D eigenvalue weighted by atomic mass is 9.88. The molecule has 4 aromatic rings. The number of imidazole rings is 1. The number of aromatic nitrogens is 3. The average molecular weight is 636 g/mol. The van der Waals surface area contributed by atoms with Gasteiger partial charge in [-0.15, -0.1) is 11.3 Å². The molecule has 8 nitrogen and oxygen atoms in total. The van der Waals surface area contributed by atoms with Crippen molar-refractivity contribution in [2.75, 3.05) is 25.0 Å². The minimum absolute atomic E-state index is 0.157. The van der Waals surface area contributed by atoms with Gasteiger partial charge >= 0.3 is 0 Å². The van der Waals surface area contributed by atoms with Crippen molar-refractivity contribution in [1.29, 1.82) is 0 Å². The van der Waals surface area contributed by atoms with Crippen LogP contribution in [0.2, 0.25) is 10.0 Å². The van der Waals surface area contributed by atoms with Crippen LogP contribution in [0.4, 0.5) is 5.13 Å². The van der Waals surface area contributed by atoms with Crippen LogP contribution in [-0.4, -0.2) is 55.8 Å². The summed E-state index contributed by atoms with van der Waals surface area (Å²) >= 11 is 15.2. The summed E-state index contributed by atoms with van der Waals surface area (Å²) in [6.07, 6.45) is 7.45. The molecule has 1 saturated heterocycles. The van der Waals surface area contributed by atoms with E-state index in [-0.39, 0.29) is 18.4 Å². The number of anilines is 1. The first-order valence-corrected chi connectivity index (χ1v) is 16.4. The number of fused-ring (bicyclic) bond motifs is 2. The van der Waals surface area contributed by atoms with Crippen LogP contribution in [0.1, 0.15) is 71.0 Å². The minimum atomic E-state index is -0.952. The number of likely N-dealkylation sites (tertiary alicyclic amines) is 1. The Morgan fingerprint density at radius 2 is 1.93 bits per heavy atom. The van der Waals surface area contributed by atoms with Crippen LogP contribution >= 0.6 is 34.5 Å². The first kappa shape index (κ1) is 28.5. The van der Waals surface area contributed by atoms with Gasteiger partial charge in [-0.1, -0.05) is 54.4 Å². The molecular weight excluding hydrogens is 603 g/mol. The van der Waals surface area contributed by atoms with E-state index in [1.807, 2.05) is 6.07 Å². The summed E-state index contributed by atoms with van der Waals surface area (Å²) in [6, 6.07) is 9.37. The van der Waals surface area contributed by atoms with Gasteiger partial charge in [-0.3, -0.25) is 14.9 Å². The maximum absolute atomic E-state index is 14.2. The molecule has 1 unspecified atom stereocenters. The van der Waals surface area contributed by atoms with Gasteiger partial charge < -0.3 is 14.4 Å². The molecule has 0 spiro atoms. The molecule has 2 aromatic heterocycles. The summed E-state index contributed by atoms with van der Waals surface area (Å²) in [5.74, 6) is -0.151. The monoisotopic (exact) mass is 634 g/mol. The molecule has 2 amide bonds. The third-order valence-corrected chi connectivity index (χ3v) is 10.5. The van der Waals surface area contributed by atoms with Crippen LogP contribution in [-0.2, 0) is 24.3 Å². The Morgan fingerprint density at radius 1 is 1.14 bits per heavy atom. The Morgan fingerprint density at radius 3 is 2.65 bits per heavy atom. The summed E-state index contributed by atoms with van der Waals surface area (Å²) < 4.78 is 2.06. The molecule has 0 bridgehead atoms. The van der Waals surface area contributed by atoms with Crippen LogP contribution in [0.15, 0.2) is 48.2 Å². The van der Waals surface area contributed by atoms with E-state index < -0.39 is 6.04 Å². The molecule has 2 aromatic carbocycles. The number of hydrogen-bond acceptors (Lipinski definition) is 6. The van der Waals surface area contributed by atoms with E-state index in [1.165, 1.54) is 16.9 Å². The van der Waals surface area contributed by atoms with Crippen LogP contribution in [0, 0.1) is 0 Å².